The van der Waals surface area contributed by atoms with E-state index in [1.165, 1.54) is 0 Å². The molecule has 0 N–H and O–H groups in total. The molecule has 0 heterocycles. The summed E-state index contributed by atoms with van der Waals surface area (Å²) in [5.41, 5.74) is -1.43. The molecule has 2 saturated carbocycles. The molecule has 4 rings (SSSR count). The SMILES string of the molecule is CC12CCC(C(=O)N(c3ccccc3)c3ccccc3)(C(=O)C1=O)C2(C)C. The Kier molecular flexibility index (Phi) is 3.68. The van der Waals surface area contributed by atoms with Crippen LogP contribution in [0.3, 0.4) is 0 Å². The van der Waals surface area contributed by atoms with Crippen LogP contribution < -0.4 is 4.90 Å². The number of fused-ring (bicyclic) bond motifs is 2. The maximum Gasteiger partial charge on any atom is 0.246 e. The zero-order valence-electron chi connectivity index (χ0n) is 15.9. The molecule has 2 aromatic carbocycles. The number of carbonyl (C=O) groups is 3. The summed E-state index contributed by atoms with van der Waals surface area (Å²) in [5.74, 6) is -1.22. The Labute approximate surface area is 159 Å². The van der Waals surface area contributed by atoms with Gasteiger partial charge in [-0.1, -0.05) is 57.2 Å². The lowest BCUT2D eigenvalue weighted by Crippen LogP contribution is -2.51. The fourth-order valence-electron chi connectivity index (χ4n) is 4.97. The lowest BCUT2D eigenvalue weighted by molar-refractivity contribution is -0.148. The summed E-state index contributed by atoms with van der Waals surface area (Å²) in [6.07, 6.45) is 0.976. The second-order valence-corrected chi connectivity index (χ2v) is 8.33. The summed E-state index contributed by atoms with van der Waals surface area (Å²) in [4.78, 5) is 41.5. The zero-order valence-corrected chi connectivity index (χ0v) is 15.9. The Hall–Kier alpha value is -2.75. The average molecular weight is 361 g/mol. The van der Waals surface area contributed by atoms with E-state index in [9.17, 15) is 14.4 Å². The van der Waals surface area contributed by atoms with Gasteiger partial charge in [0, 0.05) is 16.8 Å². The van der Waals surface area contributed by atoms with Crippen molar-refractivity contribution in [3.63, 3.8) is 0 Å². The number of hydrogen-bond acceptors (Lipinski definition) is 3. The summed E-state index contributed by atoms with van der Waals surface area (Å²) in [7, 11) is 0. The topological polar surface area (TPSA) is 54.5 Å². The number of carbonyl (C=O) groups excluding carboxylic acids is 3. The Morgan fingerprint density at radius 3 is 1.67 bits per heavy atom. The second-order valence-electron chi connectivity index (χ2n) is 8.33. The first kappa shape index (κ1) is 17.7. The fraction of sp³-hybridized carbons (Fsp3) is 0.348. The van der Waals surface area contributed by atoms with Crippen LogP contribution in [-0.2, 0) is 14.4 Å². The minimum absolute atomic E-state index is 0.301. The maximum absolute atomic E-state index is 14.0. The first-order chi connectivity index (χ1) is 12.8. The highest BCUT2D eigenvalue weighted by molar-refractivity contribution is 6.49. The van der Waals surface area contributed by atoms with Crippen LogP contribution in [0.1, 0.15) is 33.6 Å². The molecule has 1 amide bonds. The number of anilines is 2. The molecule has 0 spiro atoms. The van der Waals surface area contributed by atoms with Gasteiger partial charge in [-0.3, -0.25) is 19.3 Å². The molecule has 2 aromatic rings. The number of ketones is 2. The van der Waals surface area contributed by atoms with E-state index in [-0.39, 0.29) is 5.91 Å². The first-order valence-electron chi connectivity index (χ1n) is 9.31. The van der Waals surface area contributed by atoms with E-state index in [1.807, 2.05) is 81.4 Å². The molecule has 2 atom stereocenters. The molecular formula is C23H23NO3. The summed E-state index contributed by atoms with van der Waals surface area (Å²) >= 11 is 0. The second kappa shape index (κ2) is 5.62. The van der Waals surface area contributed by atoms with Gasteiger partial charge in [0.2, 0.25) is 17.5 Å². The quantitative estimate of drug-likeness (QED) is 0.604. The van der Waals surface area contributed by atoms with Crippen LogP contribution in [0, 0.1) is 16.2 Å². The van der Waals surface area contributed by atoms with Gasteiger partial charge in [0.05, 0.1) is 0 Å². The van der Waals surface area contributed by atoms with Crippen molar-refractivity contribution in [2.24, 2.45) is 16.2 Å². The van der Waals surface area contributed by atoms with Crippen LogP contribution in [0.15, 0.2) is 60.7 Å². The molecule has 0 saturated heterocycles. The molecule has 4 nitrogen and oxygen atoms in total. The van der Waals surface area contributed by atoms with Crippen molar-refractivity contribution < 1.29 is 14.4 Å². The first-order valence-corrected chi connectivity index (χ1v) is 9.31. The molecular weight excluding hydrogens is 338 g/mol. The Morgan fingerprint density at radius 1 is 0.778 bits per heavy atom. The van der Waals surface area contributed by atoms with E-state index in [2.05, 4.69) is 0 Å². The highest BCUT2D eigenvalue weighted by atomic mass is 16.2. The number of para-hydroxylation sites is 2. The van der Waals surface area contributed by atoms with E-state index < -0.39 is 27.8 Å². The predicted molar refractivity (Wildman–Crippen MR) is 104 cm³/mol. The van der Waals surface area contributed by atoms with Crippen molar-refractivity contribution in [3.05, 3.63) is 60.7 Å². The van der Waals surface area contributed by atoms with Crippen molar-refractivity contribution in [1.29, 1.82) is 0 Å². The van der Waals surface area contributed by atoms with E-state index >= 15 is 0 Å². The van der Waals surface area contributed by atoms with E-state index in [4.69, 9.17) is 0 Å². The molecule has 0 aliphatic heterocycles. The van der Waals surface area contributed by atoms with E-state index in [0.717, 1.165) is 0 Å². The highest BCUT2D eigenvalue weighted by Gasteiger charge is 2.78. The molecule has 2 aliphatic carbocycles. The van der Waals surface area contributed by atoms with Crippen molar-refractivity contribution >= 4 is 28.8 Å². The minimum Gasteiger partial charge on any atom is -0.290 e. The lowest BCUT2D eigenvalue weighted by Gasteiger charge is -2.40. The monoisotopic (exact) mass is 361 g/mol. The molecule has 2 bridgehead atoms. The summed E-state index contributed by atoms with van der Waals surface area (Å²) in [6.45, 7) is 5.63. The maximum atomic E-state index is 14.0. The molecule has 138 valence electrons. The molecule has 4 heteroatoms. The lowest BCUT2D eigenvalue weighted by atomic mass is 9.64. The number of Topliss-reactive ketones (excluding diaryl/α,β-unsaturated/α-hetero) is 2. The fourth-order valence-corrected chi connectivity index (χ4v) is 4.97. The van der Waals surface area contributed by atoms with Gasteiger partial charge in [-0.05, 0) is 42.5 Å². The van der Waals surface area contributed by atoms with Crippen molar-refractivity contribution in [2.75, 3.05) is 4.90 Å². The number of benzene rings is 2. The molecule has 2 fully saturated rings. The van der Waals surface area contributed by atoms with Crippen LogP contribution in [0.25, 0.3) is 0 Å². The molecule has 27 heavy (non-hydrogen) atoms. The van der Waals surface area contributed by atoms with Crippen LogP contribution >= 0.6 is 0 Å². The van der Waals surface area contributed by atoms with Gasteiger partial charge >= 0.3 is 0 Å². The van der Waals surface area contributed by atoms with Crippen LogP contribution in [-0.4, -0.2) is 17.5 Å². The number of nitrogens with zero attached hydrogens (tertiary/aromatic N) is 1. The van der Waals surface area contributed by atoms with Gasteiger partial charge in [0.15, 0.2) is 0 Å². The van der Waals surface area contributed by atoms with Gasteiger partial charge in [0.1, 0.15) is 5.41 Å². The summed E-state index contributed by atoms with van der Waals surface area (Å²) < 4.78 is 0. The van der Waals surface area contributed by atoms with E-state index in [0.29, 0.717) is 24.2 Å². The van der Waals surface area contributed by atoms with Gasteiger partial charge in [-0.15, -0.1) is 0 Å². The third-order valence-corrected chi connectivity index (χ3v) is 7.14. The van der Waals surface area contributed by atoms with E-state index in [1.54, 1.807) is 4.90 Å². The molecule has 0 aromatic heterocycles. The third kappa shape index (κ3) is 2.01. The Bertz CT molecular complexity index is 895. The smallest absolute Gasteiger partial charge is 0.246 e. The average Bonchev–Trinajstić information content (AvgIpc) is 2.95. The normalized spacial score (nSPS) is 28.4. The Morgan fingerprint density at radius 2 is 1.26 bits per heavy atom. The van der Waals surface area contributed by atoms with Gasteiger partial charge < -0.3 is 0 Å². The zero-order chi connectivity index (χ0) is 19.4. The number of amides is 1. The predicted octanol–water partition coefficient (Wildman–Crippen LogP) is 4.32. The van der Waals surface area contributed by atoms with Gasteiger partial charge in [-0.2, -0.15) is 0 Å². The molecule has 0 radical (unpaired) electrons. The largest absolute Gasteiger partial charge is 0.290 e. The van der Waals surface area contributed by atoms with Crippen LogP contribution in [0.4, 0.5) is 11.4 Å². The summed E-state index contributed by atoms with van der Waals surface area (Å²) in [6, 6.07) is 18.6. The number of hydrogen-bond donors (Lipinski definition) is 0. The van der Waals surface area contributed by atoms with Crippen LogP contribution in [0.2, 0.25) is 0 Å². The number of rotatable bonds is 3. The minimum atomic E-state index is -1.31. The van der Waals surface area contributed by atoms with Gasteiger partial charge in [0.25, 0.3) is 0 Å². The van der Waals surface area contributed by atoms with Crippen LogP contribution in [0.5, 0.6) is 0 Å². The molecule has 2 unspecified atom stereocenters. The highest BCUT2D eigenvalue weighted by Crippen LogP contribution is 2.69. The Balaban J connectivity index is 1.91. The summed E-state index contributed by atoms with van der Waals surface area (Å²) in [5, 5.41) is 0. The third-order valence-electron chi connectivity index (χ3n) is 7.14. The standard InChI is InChI=1S/C23H23NO3/c1-21(2)22(3)14-15-23(21,19(26)18(22)25)20(27)24(16-10-6-4-7-11-16)17-12-8-5-9-13-17/h4-13H,14-15H2,1-3H3. The van der Waals surface area contributed by atoms with Crippen molar-refractivity contribution in [3.8, 4) is 0 Å². The van der Waals surface area contributed by atoms with Gasteiger partial charge in [-0.25, -0.2) is 0 Å². The molecule has 2 aliphatic rings. The van der Waals surface area contributed by atoms with Crippen molar-refractivity contribution in [1.82, 2.24) is 0 Å². The van der Waals surface area contributed by atoms with Crippen molar-refractivity contribution in [2.45, 2.75) is 33.6 Å².